The number of allylic oxidation sites excluding steroid dienone is 2. The molecule has 270 valence electrons. The number of aromatic nitrogens is 4. The van der Waals surface area contributed by atoms with Gasteiger partial charge in [-0.25, -0.2) is 23.7 Å². The Labute approximate surface area is 305 Å². The maximum Gasteiger partial charge on any atom is 0.255 e. The Morgan fingerprint density at radius 2 is 1.72 bits per heavy atom. The smallest absolute Gasteiger partial charge is 0.255 e. The number of hydrogen-bond acceptors (Lipinski definition) is 9. The van der Waals surface area contributed by atoms with Crippen molar-refractivity contribution < 1.29 is 23.0 Å². The number of hydrogen-bond donors (Lipinski definition) is 3. The average Bonchev–Trinajstić information content (AvgIpc) is 3.63. The number of ether oxygens (including phenoxy) is 2. The molecule has 3 aliphatic rings. The van der Waals surface area contributed by atoms with Crippen molar-refractivity contribution in [2.75, 3.05) is 61.5 Å². The summed E-state index contributed by atoms with van der Waals surface area (Å²) >= 11 is 0. The van der Waals surface area contributed by atoms with Crippen LogP contribution in [0.5, 0.6) is 5.75 Å². The van der Waals surface area contributed by atoms with E-state index in [1.807, 2.05) is 36.4 Å². The molecule has 0 radical (unpaired) electrons. The van der Waals surface area contributed by atoms with Crippen LogP contribution in [-0.2, 0) is 4.74 Å². The molecule has 3 N–H and O–H groups in total. The van der Waals surface area contributed by atoms with E-state index >= 15 is 0 Å². The van der Waals surface area contributed by atoms with Crippen molar-refractivity contribution >= 4 is 35.0 Å². The molecule has 3 aromatic carbocycles. The predicted octanol–water partition coefficient (Wildman–Crippen LogP) is 7.07. The van der Waals surface area contributed by atoms with Crippen LogP contribution in [-0.4, -0.2) is 82.8 Å². The SMILES string of the molecule is O=C(Nc1c(F)cccc1F)c1cccc(-c2nc3[nH]c2-c2ccnc(n2)Nc2ccc(N4CCC(N5CCOCC5)CC4)cc2OC/C=C/C=C\3)c1. The highest BCUT2D eigenvalue weighted by Gasteiger charge is 2.26. The van der Waals surface area contributed by atoms with E-state index in [1.54, 1.807) is 30.5 Å². The standard InChI is InChI=1S/C40H38F2N8O3/c41-30-8-5-9-31(42)37(30)48-39(51)27-7-4-6-26(24-27)36-38-33-13-16-43-40(45-33)44-32-12-11-29(25-34(32)53-21-3-1-2-10-35(46-36)47-38)49-17-14-28(15-18-49)50-19-22-52-23-20-50/h1-13,16,24-25,28H,14-15,17-23H2,(H,46,47)(H,48,51)(H,43,44,45)/b3-1+,10-2-. The number of morpholine rings is 1. The number of anilines is 4. The van der Waals surface area contributed by atoms with Gasteiger partial charge in [0.05, 0.1) is 36.0 Å². The second-order valence-corrected chi connectivity index (χ2v) is 13.0. The van der Waals surface area contributed by atoms with Gasteiger partial charge in [-0.2, -0.15) is 0 Å². The molecular weight excluding hydrogens is 678 g/mol. The van der Waals surface area contributed by atoms with E-state index in [0.717, 1.165) is 75.7 Å². The third-order valence-corrected chi connectivity index (χ3v) is 9.67. The lowest BCUT2D eigenvalue weighted by molar-refractivity contribution is 0.0115. The van der Waals surface area contributed by atoms with E-state index < -0.39 is 23.2 Å². The van der Waals surface area contributed by atoms with E-state index in [4.69, 9.17) is 19.4 Å². The number of amides is 1. The highest BCUT2D eigenvalue weighted by molar-refractivity contribution is 6.05. The summed E-state index contributed by atoms with van der Waals surface area (Å²) in [6, 6.07) is 18.6. The second-order valence-electron chi connectivity index (χ2n) is 13.0. The molecule has 2 fully saturated rings. The number of para-hydroxylation sites is 1. The molecule has 2 saturated heterocycles. The highest BCUT2D eigenvalue weighted by atomic mass is 19.1. The quantitative estimate of drug-likeness (QED) is 0.175. The molecule has 0 spiro atoms. The lowest BCUT2D eigenvalue weighted by atomic mass is 10.0. The number of fused-ring (bicyclic) bond motifs is 6. The van der Waals surface area contributed by atoms with E-state index in [1.165, 1.54) is 6.07 Å². The van der Waals surface area contributed by atoms with Crippen LogP contribution in [0.15, 0.2) is 91.2 Å². The molecule has 11 nitrogen and oxygen atoms in total. The molecule has 2 aromatic heterocycles. The molecular formula is C40H38F2N8O3. The molecule has 3 aliphatic heterocycles. The zero-order valence-corrected chi connectivity index (χ0v) is 28.9. The number of halogens is 2. The highest BCUT2D eigenvalue weighted by Crippen LogP contribution is 2.35. The van der Waals surface area contributed by atoms with Crippen LogP contribution in [0.4, 0.5) is 31.8 Å². The van der Waals surface area contributed by atoms with Gasteiger partial charge in [0.25, 0.3) is 5.91 Å². The summed E-state index contributed by atoms with van der Waals surface area (Å²) in [4.78, 5) is 35.6. The first kappa shape index (κ1) is 34.2. The molecule has 13 heteroatoms. The Kier molecular flexibility index (Phi) is 9.91. The van der Waals surface area contributed by atoms with Crippen molar-refractivity contribution in [3.8, 4) is 28.4 Å². The van der Waals surface area contributed by atoms with Gasteiger partial charge in [0, 0.05) is 61.3 Å². The molecule has 4 bridgehead atoms. The van der Waals surface area contributed by atoms with Crippen molar-refractivity contribution in [3.63, 3.8) is 0 Å². The third kappa shape index (κ3) is 7.66. The van der Waals surface area contributed by atoms with E-state index in [0.29, 0.717) is 52.8 Å². The van der Waals surface area contributed by atoms with Gasteiger partial charge in [-0.05, 0) is 67.5 Å². The number of carbonyl (C=O) groups excluding carboxylic acids is 1. The van der Waals surface area contributed by atoms with Crippen LogP contribution in [0, 0.1) is 11.6 Å². The third-order valence-electron chi connectivity index (χ3n) is 9.67. The lowest BCUT2D eigenvalue weighted by Crippen LogP contribution is -2.49. The zero-order chi connectivity index (χ0) is 36.1. The molecule has 53 heavy (non-hydrogen) atoms. The van der Waals surface area contributed by atoms with Gasteiger partial charge >= 0.3 is 0 Å². The number of nitrogens with zero attached hydrogens (tertiary/aromatic N) is 5. The number of aromatic amines is 1. The van der Waals surface area contributed by atoms with Crippen LogP contribution in [0.3, 0.4) is 0 Å². The summed E-state index contributed by atoms with van der Waals surface area (Å²) in [5.74, 6) is -0.798. The van der Waals surface area contributed by atoms with Crippen molar-refractivity contribution in [1.82, 2.24) is 24.8 Å². The van der Waals surface area contributed by atoms with Crippen LogP contribution in [0.1, 0.15) is 29.0 Å². The van der Waals surface area contributed by atoms with Crippen LogP contribution < -0.4 is 20.3 Å². The fourth-order valence-corrected chi connectivity index (χ4v) is 6.93. The van der Waals surface area contributed by atoms with Gasteiger partial charge in [0.15, 0.2) is 0 Å². The Hall–Kier alpha value is -5.92. The van der Waals surface area contributed by atoms with E-state index in [2.05, 4.69) is 42.5 Å². The zero-order valence-electron chi connectivity index (χ0n) is 28.9. The Morgan fingerprint density at radius 1 is 0.906 bits per heavy atom. The molecule has 0 atom stereocenters. The number of carbonyl (C=O) groups is 1. The summed E-state index contributed by atoms with van der Waals surface area (Å²) in [5, 5.41) is 5.71. The molecule has 5 aromatic rings. The summed E-state index contributed by atoms with van der Waals surface area (Å²) < 4.78 is 40.4. The molecule has 5 heterocycles. The molecule has 0 unspecified atom stereocenters. The van der Waals surface area contributed by atoms with Crippen LogP contribution in [0.2, 0.25) is 0 Å². The number of H-pyrrole nitrogens is 1. The molecule has 0 saturated carbocycles. The number of benzene rings is 3. The fraction of sp³-hybridized carbons (Fsp3) is 0.250. The van der Waals surface area contributed by atoms with Crippen LogP contribution in [0.25, 0.3) is 28.7 Å². The first-order chi connectivity index (χ1) is 26.0. The lowest BCUT2D eigenvalue weighted by Gasteiger charge is -2.41. The number of nitrogens with one attached hydrogen (secondary N) is 3. The van der Waals surface area contributed by atoms with Gasteiger partial charge in [0.2, 0.25) is 5.95 Å². The molecule has 1 amide bonds. The summed E-state index contributed by atoms with van der Waals surface area (Å²) in [6.45, 7) is 5.91. The largest absolute Gasteiger partial charge is 0.487 e. The van der Waals surface area contributed by atoms with Gasteiger partial charge in [-0.1, -0.05) is 30.4 Å². The van der Waals surface area contributed by atoms with Crippen molar-refractivity contribution in [2.45, 2.75) is 18.9 Å². The topological polar surface area (TPSA) is 121 Å². The first-order valence-corrected chi connectivity index (χ1v) is 17.7. The maximum atomic E-state index is 14.3. The molecule has 8 rings (SSSR count). The molecule has 0 aliphatic carbocycles. The van der Waals surface area contributed by atoms with E-state index in [-0.39, 0.29) is 5.56 Å². The Morgan fingerprint density at radius 3 is 2.55 bits per heavy atom. The van der Waals surface area contributed by atoms with E-state index in [9.17, 15) is 13.6 Å². The summed E-state index contributed by atoms with van der Waals surface area (Å²) in [6.07, 6.45) is 11.4. The minimum Gasteiger partial charge on any atom is -0.487 e. The van der Waals surface area contributed by atoms with Gasteiger partial charge in [0.1, 0.15) is 35.5 Å². The van der Waals surface area contributed by atoms with Crippen molar-refractivity contribution in [3.05, 3.63) is 114 Å². The predicted molar refractivity (Wildman–Crippen MR) is 200 cm³/mol. The first-order valence-electron chi connectivity index (χ1n) is 17.7. The second kappa shape index (κ2) is 15.4. The summed E-state index contributed by atoms with van der Waals surface area (Å²) in [5.41, 5.74) is 3.80. The maximum absolute atomic E-state index is 14.3. The van der Waals surface area contributed by atoms with Crippen molar-refractivity contribution in [2.24, 2.45) is 0 Å². The average molecular weight is 717 g/mol. The normalized spacial score (nSPS) is 17.7. The van der Waals surface area contributed by atoms with Gasteiger partial charge < -0.3 is 30.0 Å². The Bertz CT molecular complexity index is 2150. The summed E-state index contributed by atoms with van der Waals surface area (Å²) in [7, 11) is 0. The minimum absolute atomic E-state index is 0.198. The number of rotatable bonds is 5. The van der Waals surface area contributed by atoms with Crippen molar-refractivity contribution in [1.29, 1.82) is 0 Å². The van der Waals surface area contributed by atoms with Crippen LogP contribution >= 0.6 is 0 Å². The minimum atomic E-state index is -0.864. The number of piperidine rings is 1. The fourth-order valence-electron chi connectivity index (χ4n) is 6.93. The monoisotopic (exact) mass is 716 g/mol. The number of imidazole rings is 1. The van der Waals surface area contributed by atoms with Gasteiger partial charge in [-0.15, -0.1) is 0 Å². The van der Waals surface area contributed by atoms with Gasteiger partial charge in [-0.3, -0.25) is 9.69 Å². The Balaban J connectivity index is 1.06.